The molecule has 2 aliphatic rings. The lowest BCUT2D eigenvalue weighted by Gasteiger charge is -2.30. The molecule has 4 rings (SSSR count). The number of carbonyl (C=O) groups excluding carboxylic acids is 2. The zero-order chi connectivity index (χ0) is 25.0. The van der Waals surface area contributed by atoms with Crippen molar-refractivity contribution in [3.05, 3.63) is 59.7 Å². The minimum atomic E-state index is -1.52. The van der Waals surface area contributed by atoms with Crippen LogP contribution in [0, 0.1) is 5.92 Å². The van der Waals surface area contributed by atoms with E-state index in [9.17, 15) is 19.5 Å². The molecule has 8 heteroatoms. The van der Waals surface area contributed by atoms with Crippen LogP contribution in [0.15, 0.2) is 48.5 Å². The second-order valence-electron chi connectivity index (χ2n) is 9.82. The molecule has 2 amide bonds. The Morgan fingerprint density at radius 2 is 1.66 bits per heavy atom. The van der Waals surface area contributed by atoms with Gasteiger partial charge in [-0.3, -0.25) is 9.59 Å². The molecule has 1 unspecified atom stereocenters. The highest BCUT2D eigenvalue weighted by Gasteiger charge is 2.32. The maximum Gasteiger partial charge on any atom is 0.407 e. The van der Waals surface area contributed by atoms with Gasteiger partial charge in [-0.25, -0.2) is 4.79 Å². The van der Waals surface area contributed by atoms with Crippen LogP contribution in [0.5, 0.6) is 0 Å². The van der Waals surface area contributed by atoms with Crippen LogP contribution >= 0.6 is 0 Å². The number of carboxylic acids is 1. The molecule has 4 N–H and O–H groups in total. The van der Waals surface area contributed by atoms with Gasteiger partial charge in [0, 0.05) is 24.4 Å². The van der Waals surface area contributed by atoms with Gasteiger partial charge in [0.15, 0.2) is 0 Å². The number of hydrogen-bond donors (Lipinski definition) is 4. The van der Waals surface area contributed by atoms with Crippen molar-refractivity contribution >= 4 is 18.0 Å². The van der Waals surface area contributed by atoms with Crippen molar-refractivity contribution in [1.29, 1.82) is 0 Å². The van der Waals surface area contributed by atoms with Crippen LogP contribution in [0.25, 0.3) is 11.1 Å². The smallest absolute Gasteiger partial charge is 0.407 e. The number of ether oxygens (including phenoxy) is 1. The van der Waals surface area contributed by atoms with Crippen LogP contribution in [0.4, 0.5) is 4.79 Å². The Labute approximate surface area is 204 Å². The Kier molecular flexibility index (Phi) is 7.40. The summed E-state index contributed by atoms with van der Waals surface area (Å²) in [6, 6.07) is 16.1. The van der Waals surface area contributed by atoms with E-state index >= 15 is 0 Å². The first kappa shape index (κ1) is 24.7. The molecule has 0 bridgehead atoms. The lowest BCUT2D eigenvalue weighted by Crippen LogP contribution is -2.46. The van der Waals surface area contributed by atoms with Crippen LogP contribution in [0.3, 0.4) is 0 Å². The first-order valence-corrected chi connectivity index (χ1v) is 12.1. The molecule has 35 heavy (non-hydrogen) atoms. The van der Waals surface area contributed by atoms with Gasteiger partial charge in [-0.05, 0) is 48.4 Å². The third-order valence-electron chi connectivity index (χ3n) is 6.89. The standard InChI is InChI=1S/C27H32N2O6/c1-27(34,14-24(30)31)16-28-25(32)17-7-6-8-18(13-17)29-26(33)35-15-23-21-11-4-2-9-19(21)20-10-3-5-12-22(20)23/h2-5,9-12,17-18,23,34H,6-8,13-16H2,1H3,(H,28,32)(H,29,33)(H,30,31)/t17-,18-,27?/m1/s1. The molecule has 2 aliphatic carbocycles. The Hall–Kier alpha value is -3.39. The molecule has 0 spiro atoms. The van der Waals surface area contributed by atoms with Gasteiger partial charge in [-0.15, -0.1) is 0 Å². The Balaban J connectivity index is 1.28. The number of aliphatic carboxylic acids is 1. The maximum atomic E-state index is 12.6. The van der Waals surface area contributed by atoms with Gasteiger partial charge in [-0.2, -0.15) is 0 Å². The summed E-state index contributed by atoms with van der Waals surface area (Å²) in [5.41, 5.74) is 3.11. The van der Waals surface area contributed by atoms with Gasteiger partial charge in [-0.1, -0.05) is 55.0 Å². The van der Waals surface area contributed by atoms with Gasteiger partial charge in [0.05, 0.1) is 12.0 Å². The van der Waals surface area contributed by atoms with Crippen LogP contribution in [-0.4, -0.2) is 53.0 Å². The van der Waals surface area contributed by atoms with Crippen molar-refractivity contribution in [2.24, 2.45) is 5.92 Å². The number of nitrogens with one attached hydrogen (secondary N) is 2. The van der Waals surface area contributed by atoms with E-state index in [4.69, 9.17) is 9.84 Å². The molecule has 8 nitrogen and oxygen atoms in total. The number of fused-ring (bicyclic) bond motifs is 3. The van der Waals surface area contributed by atoms with Crippen LogP contribution in [0.2, 0.25) is 0 Å². The van der Waals surface area contributed by atoms with E-state index in [0.717, 1.165) is 24.0 Å². The van der Waals surface area contributed by atoms with Gasteiger partial charge in [0.2, 0.25) is 5.91 Å². The lowest BCUT2D eigenvalue weighted by atomic mass is 9.85. The van der Waals surface area contributed by atoms with Gasteiger partial charge in [0.25, 0.3) is 0 Å². The molecule has 1 saturated carbocycles. The van der Waals surface area contributed by atoms with Crippen molar-refractivity contribution in [2.45, 2.75) is 56.6 Å². The van der Waals surface area contributed by atoms with E-state index in [1.807, 2.05) is 24.3 Å². The minimum Gasteiger partial charge on any atom is -0.481 e. The fourth-order valence-corrected chi connectivity index (χ4v) is 5.18. The highest BCUT2D eigenvalue weighted by atomic mass is 16.5. The number of aliphatic hydroxyl groups is 1. The predicted molar refractivity (Wildman–Crippen MR) is 130 cm³/mol. The second-order valence-corrected chi connectivity index (χ2v) is 9.82. The molecular weight excluding hydrogens is 448 g/mol. The predicted octanol–water partition coefficient (Wildman–Crippen LogP) is 3.43. The highest BCUT2D eigenvalue weighted by molar-refractivity contribution is 5.80. The number of carboxylic acid groups (broad SMARTS) is 1. The summed E-state index contributed by atoms with van der Waals surface area (Å²) in [4.78, 5) is 36.0. The third-order valence-corrected chi connectivity index (χ3v) is 6.89. The van der Waals surface area contributed by atoms with Crippen molar-refractivity contribution in [3.63, 3.8) is 0 Å². The number of rotatable bonds is 8. The van der Waals surface area contributed by atoms with Crippen molar-refractivity contribution in [1.82, 2.24) is 10.6 Å². The summed E-state index contributed by atoms with van der Waals surface area (Å²) in [7, 11) is 0. The Morgan fingerprint density at radius 1 is 1.03 bits per heavy atom. The Morgan fingerprint density at radius 3 is 2.29 bits per heavy atom. The Bertz CT molecular complexity index is 1050. The number of benzene rings is 2. The molecule has 0 aliphatic heterocycles. The summed E-state index contributed by atoms with van der Waals surface area (Å²) < 4.78 is 5.63. The fraction of sp³-hybridized carbons (Fsp3) is 0.444. The zero-order valence-corrected chi connectivity index (χ0v) is 19.8. The van der Waals surface area contributed by atoms with Gasteiger partial charge in [0.1, 0.15) is 6.61 Å². The van der Waals surface area contributed by atoms with E-state index in [2.05, 4.69) is 34.9 Å². The lowest BCUT2D eigenvalue weighted by molar-refractivity contribution is -0.142. The number of amides is 2. The first-order valence-electron chi connectivity index (χ1n) is 12.1. The average Bonchev–Trinajstić information content (AvgIpc) is 3.14. The first-order chi connectivity index (χ1) is 16.7. The summed E-state index contributed by atoms with van der Waals surface area (Å²) in [6.45, 7) is 1.47. The summed E-state index contributed by atoms with van der Waals surface area (Å²) >= 11 is 0. The van der Waals surface area contributed by atoms with Crippen LogP contribution < -0.4 is 10.6 Å². The molecule has 3 atom stereocenters. The van der Waals surface area contributed by atoms with Crippen LogP contribution in [-0.2, 0) is 14.3 Å². The zero-order valence-electron chi connectivity index (χ0n) is 19.8. The molecular formula is C27H32N2O6. The maximum absolute atomic E-state index is 12.6. The van der Waals surface area contributed by atoms with E-state index in [1.165, 1.54) is 18.1 Å². The number of carbonyl (C=O) groups is 3. The largest absolute Gasteiger partial charge is 0.481 e. The monoisotopic (exact) mass is 480 g/mol. The van der Waals surface area contributed by atoms with Crippen molar-refractivity contribution in [2.75, 3.05) is 13.2 Å². The SMILES string of the molecule is CC(O)(CNC(=O)[C@@H]1CCC[C@@H](NC(=O)OCC2c3ccccc3-c3ccccc32)C1)CC(=O)O. The van der Waals surface area contributed by atoms with Crippen molar-refractivity contribution in [3.8, 4) is 11.1 Å². The van der Waals surface area contributed by atoms with Gasteiger partial charge < -0.3 is 25.6 Å². The molecule has 0 aromatic heterocycles. The van der Waals surface area contributed by atoms with E-state index < -0.39 is 24.1 Å². The van der Waals surface area contributed by atoms with Gasteiger partial charge >= 0.3 is 12.1 Å². The fourth-order valence-electron chi connectivity index (χ4n) is 5.18. The highest BCUT2D eigenvalue weighted by Crippen LogP contribution is 2.44. The molecule has 0 radical (unpaired) electrons. The van der Waals surface area contributed by atoms with E-state index in [0.29, 0.717) is 12.8 Å². The number of alkyl carbamates (subject to hydrolysis) is 1. The molecule has 0 saturated heterocycles. The summed E-state index contributed by atoms with van der Waals surface area (Å²) in [5.74, 6) is -1.70. The second kappa shape index (κ2) is 10.5. The summed E-state index contributed by atoms with van der Waals surface area (Å²) in [5, 5.41) is 24.5. The van der Waals surface area contributed by atoms with E-state index in [1.54, 1.807) is 0 Å². The van der Waals surface area contributed by atoms with Crippen LogP contribution in [0.1, 0.15) is 56.1 Å². The minimum absolute atomic E-state index is 0.0170. The quantitative estimate of drug-likeness (QED) is 0.459. The molecule has 2 aromatic rings. The molecule has 2 aromatic carbocycles. The molecule has 1 fully saturated rings. The van der Waals surface area contributed by atoms with Crippen molar-refractivity contribution < 1.29 is 29.3 Å². The molecule has 0 heterocycles. The third kappa shape index (κ3) is 6.00. The topological polar surface area (TPSA) is 125 Å². The average molecular weight is 481 g/mol. The normalized spacial score (nSPS) is 20.7. The van der Waals surface area contributed by atoms with E-state index in [-0.39, 0.29) is 36.9 Å². The molecule has 186 valence electrons. The number of hydrogen-bond acceptors (Lipinski definition) is 5. The summed E-state index contributed by atoms with van der Waals surface area (Å²) in [6.07, 6.45) is 1.72.